The summed E-state index contributed by atoms with van der Waals surface area (Å²) < 4.78 is 37.3. The zero-order valence-electron chi connectivity index (χ0n) is 9.60. The van der Waals surface area contributed by atoms with Crippen LogP contribution in [0.25, 0.3) is 0 Å². The minimum Gasteiger partial charge on any atom is -0.373 e. The number of anilines is 1. The van der Waals surface area contributed by atoms with Crippen molar-refractivity contribution >= 4 is 23.2 Å². The molecule has 1 rings (SSSR count). The van der Waals surface area contributed by atoms with Crippen molar-refractivity contribution in [3.63, 3.8) is 0 Å². The number of halogens is 4. The van der Waals surface area contributed by atoms with Crippen LogP contribution in [-0.4, -0.2) is 22.8 Å². The molecule has 1 amide bonds. The number of rotatable bonds is 2. The normalized spacial score (nSPS) is 15.1. The molecule has 0 aliphatic heterocycles. The fourth-order valence-corrected chi connectivity index (χ4v) is 1.27. The van der Waals surface area contributed by atoms with E-state index in [1.54, 1.807) is 13.0 Å². The molecule has 1 aromatic rings. The van der Waals surface area contributed by atoms with Crippen LogP contribution in [-0.2, 0) is 4.79 Å². The molecule has 7 heteroatoms. The Morgan fingerprint density at radius 1 is 1.39 bits per heavy atom. The van der Waals surface area contributed by atoms with Gasteiger partial charge in [-0.25, -0.2) is 0 Å². The van der Waals surface area contributed by atoms with Gasteiger partial charge in [0.1, 0.15) is 0 Å². The molecule has 3 nitrogen and oxygen atoms in total. The fraction of sp³-hybridized carbons (Fsp3) is 0.364. The van der Waals surface area contributed by atoms with Crippen molar-refractivity contribution in [3.8, 4) is 0 Å². The van der Waals surface area contributed by atoms with Crippen LogP contribution in [0.5, 0.6) is 0 Å². The average molecular weight is 282 g/mol. The highest BCUT2D eigenvalue weighted by Crippen LogP contribution is 2.32. The van der Waals surface area contributed by atoms with Gasteiger partial charge in [-0.2, -0.15) is 13.2 Å². The lowest BCUT2D eigenvalue weighted by atomic mass is 10.1. The third-order valence-electron chi connectivity index (χ3n) is 2.36. The predicted molar refractivity (Wildman–Crippen MR) is 61.5 cm³/mol. The Morgan fingerprint density at radius 3 is 2.44 bits per heavy atom. The van der Waals surface area contributed by atoms with Gasteiger partial charge in [0.2, 0.25) is 5.60 Å². The number of carbonyl (C=O) groups excluding carboxylic acids is 1. The highest BCUT2D eigenvalue weighted by Gasteiger charge is 2.55. The summed E-state index contributed by atoms with van der Waals surface area (Å²) in [7, 11) is 0. The van der Waals surface area contributed by atoms with Crippen molar-refractivity contribution < 1.29 is 23.1 Å². The number of alkyl halides is 3. The van der Waals surface area contributed by atoms with Crippen LogP contribution in [0, 0.1) is 6.92 Å². The lowest BCUT2D eigenvalue weighted by Crippen LogP contribution is -2.52. The molecule has 0 aliphatic carbocycles. The van der Waals surface area contributed by atoms with Crippen LogP contribution >= 0.6 is 11.6 Å². The Morgan fingerprint density at radius 2 is 1.94 bits per heavy atom. The maximum absolute atomic E-state index is 12.4. The number of carbonyl (C=O) groups is 1. The van der Waals surface area contributed by atoms with Gasteiger partial charge >= 0.3 is 6.18 Å². The average Bonchev–Trinajstić information content (AvgIpc) is 2.21. The van der Waals surface area contributed by atoms with E-state index < -0.39 is 17.7 Å². The number of hydrogen-bond acceptors (Lipinski definition) is 2. The van der Waals surface area contributed by atoms with E-state index >= 15 is 0 Å². The van der Waals surface area contributed by atoms with Gasteiger partial charge in [-0.05, 0) is 31.5 Å². The summed E-state index contributed by atoms with van der Waals surface area (Å²) in [5.41, 5.74) is -2.74. The van der Waals surface area contributed by atoms with E-state index in [4.69, 9.17) is 16.7 Å². The summed E-state index contributed by atoms with van der Waals surface area (Å²) in [6, 6.07) is 4.49. The molecule has 0 saturated heterocycles. The van der Waals surface area contributed by atoms with Crippen molar-refractivity contribution in [2.45, 2.75) is 25.6 Å². The number of benzene rings is 1. The van der Waals surface area contributed by atoms with E-state index in [-0.39, 0.29) is 10.7 Å². The van der Waals surface area contributed by atoms with E-state index in [0.29, 0.717) is 12.5 Å². The van der Waals surface area contributed by atoms with Gasteiger partial charge in [-0.15, -0.1) is 0 Å². The SMILES string of the molecule is Cc1ccc(Cl)c(NC(=O)[C@@](C)(O)C(F)(F)F)c1. The molecular weight excluding hydrogens is 271 g/mol. The van der Waals surface area contributed by atoms with Crippen molar-refractivity contribution in [2.24, 2.45) is 0 Å². The summed E-state index contributed by atoms with van der Waals surface area (Å²) in [6.07, 6.45) is -5.06. The molecule has 100 valence electrons. The first-order valence-corrected chi connectivity index (χ1v) is 5.30. The molecule has 0 bridgehead atoms. The van der Waals surface area contributed by atoms with Gasteiger partial charge in [0.05, 0.1) is 10.7 Å². The van der Waals surface area contributed by atoms with Crippen LogP contribution < -0.4 is 5.32 Å². The van der Waals surface area contributed by atoms with E-state index in [9.17, 15) is 18.0 Å². The summed E-state index contributed by atoms with van der Waals surface area (Å²) >= 11 is 5.73. The molecule has 0 unspecified atom stereocenters. The van der Waals surface area contributed by atoms with Gasteiger partial charge in [0, 0.05) is 0 Å². The summed E-state index contributed by atoms with van der Waals surface area (Å²) in [4.78, 5) is 11.4. The first-order chi connectivity index (χ1) is 8.05. The van der Waals surface area contributed by atoms with E-state index in [1.165, 1.54) is 12.1 Å². The summed E-state index contributed by atoms with van der Waals surface area (Å²) in [6.45, 7) is 2.07. The van der Waals surface area contributed by atoms with Crippen LogP contribution in [0.4, 0.5) is 18.9 Å². The topological polar surface area (TPSA) is 49.3 Å². The number of aliphatic hydroxyl groups is 1. The maximum Gasteiger partial charge on any atom is 0.426 e. The first kappa shape index (κ1) is 14.8. The monoisotopic (exact) mass is 281 g/mol. The molecule has 1 atom stereocenters. The third kappa shape index (κ3) is 2.94. The Balaban J connectivity index is 2.98. The molecule has 0 aromatic heterocycles. The molecular formula is C11H11ClF3NO2. The molecule has 0 fully saturated rings. The van der Waals surface area contributed by atoms with E-state index in [1.807, 2.05) is 5.32 Å². The lowest BCUT2D eigenvalue weighted by molar-refractivity contribution is -0.242. The standard InChI is InChI=1S/C11H11ClF3NO2/c1-6-3-4-7(12)8(5-6)16-9(17)10(2,18)11(13,14)15/h3-5,18H,1-2H3,(H,16,17)/t10-/m1/s1. The minimum atomic E-state index is -5.06. The van der Waals surface area contributed by atoms with Crippen molar-refractivity contribution in [3.05, 3.63) is 28.8 Å². The van der Waals surface area contributed by atoms with Crippen LogP contribution in [0.3, 0.4) is 0 Å². The lowest BCUT2D eigenvalue weighted by Gasteiger charge is -2.25. The molecule has 0 spiro atoms. The zero-order chi connectivity index (χ0) is 14.1. The second kappa shape index (κ2) is 4.78. The molecule has 1 aromatic carbocycles. The van der Waals surface area contributed by atoms with E-state index in [0.717, 1.165) is 0 Å². The predicted octanol–water partition coefficient (Wildman–Crippen LogP) is 2.90. The molecule has 2 N–H and O–H groups in total. The number of aryl methyl sites for hydroxylation is 1. The Hall–Kier alpha value is -1.27. The minimum absolute atomic E-state index is 0.0196. The van der Waals surface area contributed by atoms with Crippen molar-refractivity contribution in [1.82, 2.24) is 0 Å². The van der Waals surface area contributed by atoms with Gasteiger partial charge in [0.15, 0.2) is 0 Å². The zero-order valence-corrected chi connectivity index (χ0v) is 10.4. The van der Waals surface area contributed by atoms with Crippen LogP contribution in [0.2, 0.25) is 5.02 Å². The van der Waals surface area contributed by atoms with Crippen LogP contribution in [0.1, 0.15) is 12.5 Å². The van der Waals surface area contributed by atoms with Gasteiger partial charge in [-0.1, -0.05) is 17.7 Å². The molecule has 0 saturated carbocycles. The van der Waals surface area contributed by atoms with Gasteiger partial charge in [-0.3, -0.25) is 4.79 Å². The fourth-order valence-electron chi connectivity index (χ4n) is 1.11. The second-order valence-electron chi connectivity index (χ2n) is 4.01. The van der Waals surface area contributed by atoms with Gasteiger partial charge < -0.3 is 10.4 Å². The second-order valence-corrected chi connectivity index (χ2v) is 4.41. The summed E-state index contributed by atoms with van der Waals surface area (Å²) in [5.74, 6) is -1.58. The number of amides is 1. The van der Waals surface area contributed by atoms with Crippen molar-refractivity contribution in [1.29, 1.82) is 0 Å². The molecule has 0 heterocycles. The molecule has 0 radical (unpaired) electrons. The molecule has 18 heavy (non-hydrogen) atoms. The van der Waals surface area contributed by atoms with Gasteiger partial charge in [0.25, 0.3) is 5.91 Å². The van der Waals surface area contributed by atoms with E-state index in [2.05, 4.69) is 0 Å². The molecule has 0 aliphatic rings. The Bertz CT molecular complexity index is 472. The highest BCUT2D eigenvalue weighted by molar-refractivity contribution is 6.33. The number of nitrogens with one attached hydrogen (secondary N) is 1. The largest absolute Gasteiger partial charge is 0.426 e. The quantitative estimate of drug-likeness (QED) is 0.876. The van der Waals surface area contributed by atoms with Crippen molar-refractivity contribution in [2.75, 3.05) is 5.32 Å². The smallest absolute Gasteiger partial charge is 0.373 e. The Labute approximate surface area is 107 Å². The Kier molecular flexibility index (Phi) is 3.92. The maximum atomic E-state index is 12.4. The van der Waals surface area contributed by atoms with Crippen LogP contribution in [0.15, 0.2) is 18.2 Å². The number of hydrogen-bond donors (Lipinski definition) is 2. The highest BCUT2D eigenvalue weighted by atomic mass is 35.5. The summed E-state index contributed by atoms with van der Waals surface area (Å²) in [5, 5.41) is 11.2. The first-order valence-electron chi connectivity index (χ1n) is 4.92. The third-order valence-corrected chi connectivity index (χ3v) is 2.69.